The molecule has 1 amide bonds. The zero-order chi connectivity index (χ0) is 30.3. The van der Waals surface area contributed by atoms with Crippen molar-refractivity contribution >= 4 is 18.3 Å². The summed E-state index contributed by atoms with van der Waals surface area (Å²) in [6.07, 6.45) is 1.50. The lowest BCUT2D eigenvalue weighted by Gasteiger charge is -2.33. The van der Waals surface area contributed by atoms with Crippen LogP contribution in [-0.2, 0) is 19.1 Å². The van der Waals surface area contributed by atoms with E-state index in [1.165, 1.54) is 17.0 Å². The number of aromatic amines is 1. The van der Waals surface area contributed by atoms with E-state index in [1.54, 1.807) is 45.4 Å². The van der Waals surface area contributed by atoms with Gasteiger partial charge in [-0.05, 0) is 49.7 Å². The first kappa shape index (κ1) is 30.3. The summed E-state index contributed by atoms with van der Waals surface area (Å²) >= 11 is 0. The standard InChI is InChI=1S/C27H26FN5O4.C3H7NO/c1-16(17-6-4-3-5-7-17)30-26-29-13-12-20(31-26)22-21(18-8-10-19(28)11-9-18)32-23(33-22)24-36-14-27(2,15-37-24)25(34)35;1-4(2)3-5/h3-13,16,24H,14-15H2,1-2H3,(H,32,33)(H,34,35)(H,29,30,31);3H,1-2H3. The number of hydrogen-bond donors (Lipinski definition) is 3. The molecule has 2 aromatic heterocycles. The Balaban J connectivity index is 0.000000748. The second kappa shape index (κ2) is 13.3. The fourth-order valence-corrected chi connectivity index (χ4v) is 3.98. The van der Waals surface area contributed by atoms with Crippen molar-refractivity contribution in [3.63, 3.8) is 0 Å². The van der Waals surface area contributed by atoms with Gasteiger partial charge in [-0.1, -0.05) is 30.3 Å². The maximum Gasteiger partial charge on any atom is 0.314 e. The molecule has 0 aliphatic carbocycles. The summed E-state index contributed by atoms with van der Waals surface area (Å²) < 4.78 is 25.1. The molecule has 1 aliphatic rings. The van der Waals surface area contributed by atoms with Gasteiger partial charge in [-0.2, -0.15) is 0 Å². The highest BCUT2D eigenvalue weighted by Gasteiger charge is 2.41. The number of halogens is 1. The van der Waals surface area contributed by atoms with E-state index < -0.39 is 17.7 Å². The Hall–Kier alpha value is -4.68. The fourth-order valence-electron chi connectivity index (χ4n) is 3.98. The fraction of sp³-hybridized carbons (Fsp3) is 0.300. The molecule has 0 saturated carbocycles. The van der Waals surface area contributed by atoms with Crippen LogP contribution < -0.4 is 5.32 Å². The molecular formula is C30H33FN6O5. The number of amides is 1. The molecule has 0 bridgehead atoms. The number of carboxylic acids is 1. The minimum absolute atomic E-state index is 0.0297. The number of aromatic nitrogens is 4. The van der Waals surface area contributed by atoms with Gasteiger partial charge in [0, 0.05) is 25.9 Å². The van der Waals surface area contributed by atoms with E-state index in [2.05, 4.69) is 20.3 Å². The van der Waals surface area contributed by atoms with Crippen molar-refractivity contribution in [1.82, 2.24) is 24.8 Å². The molecule has 1 saturated heterocycles. The van der Waals surface area contributed by atoms with Gasteiger partial charge >= 0.3 is 5.97 Å². The lowest BCUT2D eigenvalue weighted by Crippen LogP contribution is -2.42. The molecule has 220 valence electrons. The molecule has 12 heteroatoms. The van der Waals surface area contributed by atoms with Gasteiger partial charge in [0.1, 0.15) is 11.2 Å². The number of rotatable bonds is 8. The van der Waals surface area contributed by atoms with Crippen molar-refractivity contribution in [3.8, 4) is 22.6 Å². The van der Waals surface area contributed by atoms with Crippen molar-refractivity contribution in [2.75, 3.05) is 32.6 Å². The lowest BCUT2D eigenvalue weighted by atomic mass is 9.92. The van der Waals surface area contributed by atoms with E-state index in [0.717, 1.165) is 12.0 Å². The number of carboxylic acid groups (broad SMARTS) is 1. The number of carbonyl (C=O) groups is 2. The zero-order valence-electron chi connectivity index (χ0n) is 23.7. The van der Waals surface area contributed by atoms with Crippen LogP contribution >= 0.6 is 0 Å². The van der Waals surface area contributed by atoms with Gasteiger partial charge in [0.15, 0.2) is 5.82 Å². The third-order valence-electron chi connectivity index (χ3n) is 6.45. The number of aliphatic carboxylic acids is 1. The van der Waals surface area contributed by atoms with Crippen LogP contribution in [0.2, 0.25) is 0 Å². The summed E-state index contributed by atoms with van der Waals surface area (Å²) in [5, 5.41) is 12.8. The number of nitrogens with zero attached hydrogens (tertiary/aromatic N) is 4. The first-order valence-electron chi connectivity index (χ1n) is 13.2. The number of imidazole rings is 1. The molecule has 3 N–H and O–H groups in total. The average molecular weight is 577 g/mol. The highest BCUT2D eigenvalue weighted by Crippen LogP contribution is 2.35. The smallest absolute Gasteiger partial charge is 0.314 e. The molecule has 11 nitrogen and oxygen atoms in total. The number of H-pyrrole nitrogens is 1. The first-order valence-corrected chi connectivity index (χ1v) is 13.2. The summed E-state index contributed by atoms with van der Waals surface area (Å²) in [5.74, 6) is -0.579. The number of carbonyl (C=O) groups excluding carboxylic acids is 1. The van der Waals surface area contributed by atoms with E-state index in [0.29, 0.717) is 34.4 Å². The van der Waals surface area contributed by atoms with Gasteiger partial charge in [-0.25, -0.2) is 19.3 Å². The number of nitrogens with one attached hydrogen (secondary N) is 2. The molecular weight excluding hydrogens is 543 g/mol. The minimum Gasteiger partial charge on any atom is -0.481 e. The molecule has 42 heavy (non-hydrogen) atoms. The van der Waals surface area contributed by atoms with Crippen molar-refractivity contribution in [1.29, 1.82) is 0 Å². The van der Waals surface area contributed by atoms with Crippen LogP contribution in [0.4, 0.5) is 10.3 Å². The van der Waals surface area contributed by atoms with Gasteiger partial charge in [-0.15, -0.1) is 0 Å². The predicted molar refractivity (Wildman–Crippen MR) is 154 cm³/mol. The maximum absolute atomic E-state index is 13.6. The number of benzene rings is 2. The summed E-state index contributed by atoms with van der Waals surface area (Å²) in [6.45, 7) is 3.52. The topological polar surface area (TPSA) is 143 Å². The van der Waals surface area contributed by atoms with Crippen molar-refractivity contribution in [3.05, 3.63) is 84.1 Å². The van der Waals surface area contributed by atoms with E-state index in [4.69, 9.17) is 14.5 Å². The Morgan fingerprint density at radius 2 is 1.76 bits per heavy atom. The molecule has 2 aromatic carbocycles. The normalized spacial score (nSPS) is 18.7. The monoisotopic (exact) mass is 576 g/mol. The SMILES string of the molecule is CC(Nc1nccc(-c2[nH]c(C3OCC(C)(C(=O)O)CO3)nc2-c2ccc(F)cc2)n1)c1ccccc1.CN(C)C=O. The Morgan fingerprint density at radius 3 is 2.36 bits per heavy atom. The van der Waals surface area contributed by atoms with Gasteiger partial charge in [-0.3, -0.25) is 9.59 Å². The Kier molecular flexibility index (Phi) is 9.60. The average Bonchev–Trinajstić information content (AvgIpc) is 3.44. The van der Waals surface area contributed by atoms with Gasteiger partial charge in [0.25, 0.3) is 0 Å². The lowest BCUT2D eigenvalue weighted by molar-refractivity contribution is -0.236. The van der Waals surface area contributed by atoms with Crippen molar-refractivity contribution in [2.24, 2.45) is 5.41 Å². The highest BCUT2D eigenvalue weighted by molar-refractivity contribution is 5.77. The molecule has 1 atom stereocenters. The van der Waals surface area contributed by atoms with Crippen LogP contribution in [0.15, 0.2) is 66.9 Å². The summed E-state index contributed by atoms with van der Waals surface area (Å²) in [7, 11) is 3.38. The quantitative estimate of drug-likeness (QED) is 0.255. The Labute approximate surface area is 242 Å². The number of anilines is 1. The van der Waals surface area contributed by atoms with Crippen LogP contribution in [0.3, 0.4) is 0 Å². The van der Waals surface area contributed by atoms with E-state index >= 15 is 0 Å². The van der Waals surface area contributed by atoms with Crippen LogP contribution in [0.5, 0.6) is 0 Å². The van der Waals surface area contributed by atoms with E-state index in [-0.39, 0.29) is 25.1 Å². The van der Waals surface area contributed by atoms with Crippen LogP contribution in [0.25, 0.3) is 22.6 Å². The highest BCUT2D eigenvalue weighted by atomic mass is 19.1. The predicted octanol–water partition coefficient (Wildman–Crippen LogP) is 4.69. The van der Waals surface area contributed by atoms with Crippen molar-refractivity contribution in [2.45, 2.75) is 26.2 Å². The summed E-state index contributed by atoms with van der Waals surface area (Å²) in [5.41, 5.74) is 2.26. The molecule has 5 rings (SSSR count). The minimum atomic E-state index is -1.14. The van der Waals surface area contributed by atoms with Crippen molar-refractivity contribution < 1.29 is 28.6 Å². The molecule has 1 unspecified atom stereocenters. The Morgan fingerprint density at radius 1 is 1.12 bits per heavy atom. The number of ether oxygens (including phenoxy) is 2. The third kappa shape index (κ3) is 7.33. The molecule has 4 aromatic rings. The third-order valence-corrected chi connectivity index (χ3v) is 6.45. The first-order chi connectivity index (χ1) is 20.1. The van der Waals surface area contributed by atoms with Gasteiger partial charge in [0.2, 0.25) is 18.6 Å². The molecule has 3 heterocycles. The van der Waals surface area contributed by atoms with E-state index in [1.807, 2.05) is 37.3 Å². The number of hydrogen-bond acceptors (Lipinski definition) is 8. The van der Waals surface area contributed by atoms with Gasteiger partial charge in [0.05, 0.1) is 36.3 Å². The second-order valence-corrected chi connectivity index (χ2v) is 10.3. The zero-order valence-corrected chi connectivity index (χ0v) is 23.7. The summed E-state index contributed by atoms with van der Waals surface area (Å²) in [4.78, 5) is 39.4. The summed E-state index contributed by atoms with van der Waals surface area (Å²) in [6, 6.07) is 17.6. The molecule has 0 spiro atoms. The molecule has 1 aliphatic heterocycles. The molecule has 0 radical (unpaired) electrons. The maximum atomic E-state index is 13.6. The van der Waals surface area contributed by atoms with Crippen LogP contribution in [0.1, 0.15) is 37.6 Å². The molecule has 1 fully saturated rings. The van der Waals surface area contributed by atoms with Crippen LogP contribution in [-0.4, -0.2) is 69.6 Å². The largest absolute Gasteiger partial charge is 0.481 e. The second-order valence-electron chi connectivity index (χ2n) is 10.3. The van der Waals surface area contributed by atoms with Gasteiger partial charge < -0.3 is 29.8 Å². The van der Waals surface area contributed by atoms with Crippen LogP contribution in [0, 0.1) is 11.2 Å². The Bertz CT molecular complexity index is 1490. The van der Waals surface area contributed by atoms with E-state index in [9.17, 15) is 19.1 Å².